The number of hydrogen-bond acceptors (Lipinski definition) is 7. The standard InChI is InChI=1S/C22H22N2O6/c1-4-29-15-7-5-14(6-8-15)23-21(25)13-30-20-12-19(22(26)28-3)24-18-10-9-16(27-2)11-17(18)20/h5-12H,4,13H2,1-3H3,(H,23,25). The van der Waals surface area contributed by atoms with E-state index < -0.39 is 5.97 Å². The number of pyridine rings is 1. The number of benzene rings is 2. The lowest BCUT2D eigenvalue weighted by Crippen LogP contribution is -2.20. The van der Waals surface area contributed by atoms with Crippen molar-refractivity contribution in [3.8, 4) is 17.2 Å². The first-order valence-corrected chi connectivity index (χ1v) is 9.26. The maximum absolute atomic E-state index is 12.3. The molecular weight excluding hydrogens is 388 g/mol. The predicted molar refractivity (Wildman–Crippen MR) is 111 cm³/mol. The Morgan fingerprint density at radius 3 is 2.37 bits per heavy atom. The van der Waals surface area contributed by atoms with Crippen molar-refractivity contribution in [3.05, 3.63) is 54.2 Å². The van der Waals surface area contributed by atoms with Gasteiger partial charge in [-0.3, -0.25) is 4.79 Å². The molecule has 0 bridgehead atoms. The van der Waals surface area contributed by atoms with Crippen molar-refractivity contribution >= 4 is 28.5 Å². The zero-order valence-electron chi connectivity index (χ0n) is 16.9. The van der Waals surface area contributed by atoms with Gasteiger partial charge < -0.3 is 24.3 Å². The quantitative estimate of drug-likeness (QED) is 0.568. The number of nitrogens with one attached hydrogen (secondary N) is 1. The number of carbonyl (C=O) groups is 2. The Balaban J connectivity index is 1.77. The van der Waals surface area contributed by atoms with Gasteiger partial charge >= 0.3 is 5.97 Å². The number of anilines is 1. The molecule has 0 fully saturated rings. The lowest BCUT2D eigenvalue weighted by molar-refractivity contribution is -0.118. The SMILES string of the molecule is CCOc1ccc(NC(=O)COc2cc(C(=O)OC)nc3ccc(OC)cc23)cc1. The molecule has 2 aromatic carbocycles. The summed E-state index contributed by atoms with van der Waals surface area (Å²) in [4.78, 5) is 28.5. The molecule has 0 aliphatic carbocycles. The highest BCUT2D eigenvalue weighted by atomic mass is 16.5. The largest absolute Gasteiger partial charge is 0.497 e. The zero-order chi connectivity index (χ0) is 21.5. The third-order valence-corrected chi connectivity index (χ3v) is 4.18. The number of ether oxygens (including phenoxy) is 4. The van der Waals surface area contributed by atoms with Gasteiger partial charge in [-0.2, -0.15) is 0 Å². The minimum absolute atomic E-state index is 0.0806. The summed E-state index contributed by atoms with van der Waals surface area (Å²) in [5, 5.41) is 3.36. The van der Waals surface area contributed by atoms with E-state index in [4.69, 9.17) is 18.9 Å². The summed E-state index contributed by atoms with van der Waals surface area (Å²) < 4.78 is 21.1. The van der Waals surface area contributed by atoms with E-state index >= 15 is 0 Å². The summed E-state index contributed by atoms with van der Waals surface area (Å²) in [7, 11) is 2.81. The van der Waals surface area contributed by atoms with Gasteiger partial charge in [-0.25, -0.2) is 9.78 Å². The van der Waals surface area contributed by atoms with Crippen molar-refractivity contribution in [2.75, 3.05) is 32.8 Å². The molecule has 1 heterocycles. The lowest BCUT2D eigenvalue weighted by atomic mass is 10.1. The van der Waals surface area contributed by atoms with Crippen molar-refractivity contribution in [1.82, 2.24) is 4.98 Å². The summed E-state index contributed by atoms with van der Waals surface area (Å²) in [6.07, 6.45) is 0. The van der Waals surface area contributed by atoms with Crippen molar-refractivity contribution in [2.45, 2.75) is 6.92 Å². The van der Waals surface area contributed by atoms with Crippen LogP contribution >= 0.6 is 0 Å². The fourth-order valence-electron chi connectivity index (χ4n) is 2.77. The van der Waals surface area contributed by atoms with Crippen molar-refractivity contribution in [1.29, 1.82) is 0 Å². The second-order valence-electron chi connectivity index (χ2n) is 6.17. The van der Waals surface area contributed by atoms with Crippen molar-refractivity contribution < 1.29 is 28.5 Å². The maximum Gasteiger partial charge on any atom is 0.356 e. The molecule has 0 aliphatic rings. The molecule has 8 nitrogen and oxygen atoms in total. The molecule has 3 aromatic rings. The minimum Gasteiger partial charge on any atom is -0.497 e. The van der Waals surface area contributed by atoms with Crippen LogP contribution in [-0.2, 0) is 9.53 Å². The average molecular weight is 410 g/mol. The van der Waals surface area contributed by atoms with Crippen LogP contribution in [0, 0.1) is 0 Å². The molecule has 0 saturated heterocycles. The number of esters is 1. The Bertz CT molecular complexity index is 1050. The predicted octanol–water partition coefficient (Wildman–Crippen LogP) is 3.45. The van der Waals surface area contributed by atoms with Crippen LogP contribution in [0.4, 0.5) is 5.69 Å². The molecular formula is C22H22N2O6. The lowest BCUT2D eigenvalue weighted by Gasteiger charge is -2.12. The van der Waals surface area contributed by atoms with Crippen molar-refractivity contribution in [3.63, 3.8) is 0 Å². The van der Waals surface area contributed by atoms with Gasteiger partial charge in [0.05, 0.1) is 26.3 Å². The van der Waals surface area contributed by atoms with Gasteiger partial charge in [-0.15, -0.1) is 0 Å². The van der Waals surface area contributed by atoms with Gasteiger partial charge in [-0.05, 0) is 49.4 Å². The van der Waals surface area contributed by atoms with Crippen LogP contribution in [0.25, 0.3) is 10.9 Å². The van der Waals surface area contributed by atoms with Gasteiger partial charge in [-0.1, -0.05) is 0 Å². The molecule has 1 amide bonds. The van der Waals surface area contributed by atoms with E-state index in [2.05, 4.69) is 10.3 Å². The monoisotopic (exact) mass is 410 g/mol. The molecule has 3 rings (SSSR count). The Kier molecular flexibility index (Phi) is 6.69. The van der Waals surface area contributed by atoms with E-state index in [0.717, 1.165) is 5.75 Å². The number of amides is 1. The van der Waals surface area contributed by atoms with E-state index in [1.807, 2.05) is 6.92 Å². The first-order valence-electron chi connectivity index (χ1n) is 9.26. The van der Waals surface area contributed by atoms with Gasteiger partial charge in [0.1, 0.15) is 17.2 Å². The van der Waals surface area contributed by atoms with E-state index in [1.165, 1.54) is 13.2 Å². The van der Waals surface area contributed by atoms with Crippen LogP contribution in [-0.4, -0.2) is 44.3 Å². The van der Waals surface area contributed by atoms with Crippen molar-refractivity contribution in [2.24, 2.45) is 0 Å². The zero-order valence-corrected chi connectivity index (χ0v) is 16.9. The molecule has 30 heavy (non-hydrogen) atoms. The fourth-order valence-corrected chi connectivity index (χ4v) is 2.77. The Morgan fingerprint density at radius 1 is 0.967 bits per heavy atom. The van der Waals surface area contributed by atoms with Crippen LogP contribution in [0.2, 0.25) is 0 Å². The van der Waals surface area contributed by atoms with E-state index in [-0.39, 0.29) is 18.2 Å². The van der Waals surface area contributed by atoms with Gasteiger partial charge in [0, 0.05) is 17.1 Å². The highest BCUT2D eigenvalue weighted by Crippen LogP contribution is 2.29. The van der Waals surface area contributed by atoms with Gasteiger partial charge in [0.15, 0.2) is 12.3 Å². The maximum atomic E-state index is 12.3. The summed E-state index contributed by atoms with van der Waals surface area (Å²) >= 11 is 0. The van der Waals surface area contributed by atoms with Crippen LogP contribution in [0.15, 0.2) is 48.5 Å². The third-order valence-electron chi connectivity index (χ3n) is 4.18. The van der Waals surface area contributed by atoms with Crippen LogP contribution in [0.1, 0.15) is 17.4 Å². The molecule has 1 aromatic heterocycles. The number of nitrogens with zero attached hydrogens (tertiary/aromatic N) is 1. The molecule has 0 radical (unpaired) electrons. The minimum atomic E-state index is -0.601. The Morgan fingerprint density at radius 2 is 1.70 bits per heavy atom. The summed E-state index contributed by atoms with van der Waals surface area (Å²) in [6.45, 7) is 2.21. The summed E-state index contributed by atoms with van der Waals surface area (Å²) in [6, 6.07) is 13.6. The average Bonchev–Trinajstić information content (AvgIpc) is 2.77. The second-order valence-corrected chi connectivity index (χ2v) is 6.17. The van der Waals surface area contributed by atoms with E-state index in [9.17, 15) is 9.59 Å². The highest BCUT2D eigenvalue weighted by Gasteiger charge is 2.15. The highest BCUT2D eigenvalue weighted by molar-refractivity contribution is 5.95. The number of carbonyl (C=O) groups excluding carboxylic acids is 2. The first-order chi connectivity index (χ1) is 14.5. The van der Waals surface area contributed by atoms with E-state index in [1.54, 1.807) is 49.6 Å². The molecule has 156 valence electrons. The number of rotatable bonds is 8. The molecule has 8 heteroatoms. The number of hydrogen-bond donors (Lipinski definition) is 1. The van der Waals surface area contributed by atoms with Crippen LogP contribution in [0.5, 0.6) is 17.2 Å². The van der Waals surface area contributed by atoms with E-state index in [0.29, 0.717) is 34.7 Å². The molecule has 0 atom stereocenters. The topological polar surface area (TPSA) is 96.0 Å². The first kappa shape index (κ1) is 20.9. The fraction of sp³-hybridized carbons (Fsp3) is 0.227. The molecule has 1 N–H and O–H groups in total. The smallest absolute Gasteiger partial charge is 0.356 e. The molecule has 0 saturated carbocycles. The normalized spacial score (nSPS) is 10.4. The Labute approximate surface area is 173 Å². The Hall–Kier alpha value is -3.81. The number of aromatic nitrogens is 1. The molecule has 0 aliphatic heterocycles. The van der Waals surface area contributed by atoms with Crippen LogP contribution in [0.3, 0.4) is 0 Å². The summed E-state index contributed by atoms with van der Waals surface area (Å²) in [5.41, 5.74) is 1.21. The van der Waals surface area contributed by atoms with Crippen LogP contribution < -0.4 is 19.5 Å². The molecule has 0 spiro atoms. The molecule has 0 unspecified atom stereocenters. The third kappa shape index (κ3) is 4.96. The summed E-state index contributed by atoms with van der Waals surface area (Å²) in [5.74, 6) is 0.683. The van der Waals surface area contributed by atoms with Gasteiger partial charge in [0.25, 0.3) is 5.91 Å². The number of methoxy groups -OCH3 is 2. The van der Waals surface area contributed by atoms with Gasteiger partial charge in [0.2, 0.25) is 0 Å². The number of fused-ring (bicyclic) bond motifs is 1. The second kappa shape index (κ2) is 9.60.